The second-order valence-electron chi connectivity index (χ2n) is 6.24. The van der Waals surface area contributed by atoms with Crippen LogP contribution in [0.1, 0.15) is 19.4 Å². The predicted octanol–water partition coefficient (Wildman–Crippen LogP) is -0.565. The molecular weight excluding hydrogens is 356 g/mol. The van der Waals surface area contributed by atoms with Crippen LogP contribution in [0.2, 0.25) is 0 Å². The van der Waals surface area contributed by atoms with Crippen LogP contribution in [-0.2, 0) is 19.9 Å². The van der Waals surface area contributed by atoms with E-state index in [1.54, 1.807) is 32.0 Å². The maximum atomic E-state index is 12.8. The number of nitrogens with one attached hydrogen (secondary N) is 3. The normalized spacial score (nSPS) is 20.4. The molecule has 10 heteroatoms. The van der Waals surface area contributed by atoms with Crippen LogP contribution in [0.3, 0.4) is 0 Å². The Morgan fingerprint density at radius 1 is 1.19 bits per heavy atom. The van der Waals surface area contributed by atoms with Crippen molar-refractivity contribution in [3.05, 3.63) is 23.8 Å². The third-order valence-corrected chi connectivity index (χ3v) is 4.35. The molecular formula is C17H20N4O6. The molecule has 1 atom stereocenters. The summed E-state index contributed by atoms with van der Waals surface area (Å²) in [7, 11) is 0. The number of amides is 5. The van der Waals surface area contributed by atoms with Crippen molar-refractivity contribution in [1.29, 1.82) is 0 Å². The second kappa shape index (κ2) is 7.14. The summed E-state index contributed by atoms with van der Waals surface area (Å²) in [6, 6.07) is 4.25. The molecule has 1 saturated heterocycles. The summed E-state index contributed by atoms with van der Waals surface area (Å²) in [5.74, 6) is -0.498. The van der Waals surface area contributed by atoms with Crippen molar-refractivity contribution < 1.29 is 28.7 Å². The minimum Gasteiger partial charge on any atom is -0.454 e. The Kier molecular flexibility index (Phi) is 4.89. The van der Waals surface area contributed by atoms with E-state index in [0.717, 1.165) is 4.90 Å². The average Bonchev–Trinajstić information content (AvgIpc) is 3.19. The van der Waals surface area contributed by atoms with Crippen LogP contribution in [0.4, 0.5) is 4.79 Å². The third kappa shape index (κ3) is 3.50. The summed E-state index contributed by atoms with van der Waals surface area (Å²) < 4.78 is 10.6. The third-order valence-electron chi connectivity index (χ3n) is 4.35. The fraction of sp³-hybridized carbons (Fsp3) is 0.412. The first-order chi connectivity index (χ1) is 12.8. The lowest BCUT2D eigenvalue weighted by molar-refractivity contribution is -0.135. The number of ether oxygens (including phenoxy) is 2. The summed E-state index contributed by atoms with van der Waals surface area (Å²) in [5.41, 5.74) is -0.826. The number of hydrogen-bond donors (Lipinski definition) is 3. The molecule has 0 spiro atoms. The highest BCUT2D eigenvalue weighted by atomic mass is 16.7. The van der Waals surface area contributed by atoms with Gasteiger partial charge in [-0.1, -0.05) is 6.07 Å². The van der Waals surface area contributed by atoms with E-state index in [1.807, 2.05) is 0 Å². The van der Waals surface area contributed by atoms with E-state index in [0.29, 0.717) is 23.6 Å². The lowest BCUT2D eigenvalue weighted by Crippen LogP contribution is -2.45. The predicted molar refractivity (Wildman–Crippen MR) is 91.9 cm³/mol. The first kappa shape index (κ1) is 18.5. The van der Waals surface area contributed by atoms with E-state index >= 15 is 0 Å². The molecule has 0 aliphatic carbocycles. The minimum absolute atomic E-state index is 0.0910. The van der Waals surface area contributed by atoms with Gasteiger partial charge in [0, 0.05) is 6.54 Å². The van der Waals surface area contributed by atoms with E-state index in [-0.39, 0.29) is 19.2 Å². The number of nitrogens with zero attached hydrogens (tertiary/aromatic N) is 1. The van der Waals surface area contributed by atoms with Crippen molar-refractivity contribution in [2.45, 2.75) is 19.4 Å². The van der Waals surface area contributed by atoms with Crippen molar-refractivity contribution >= 4 is 23.8 Å². The molecule has 27 heavy (non-hydrogen) atoms. The molecule has 1 aromatic rings. The summed E-state index contributed by atoms with van der Waals surface area (Å²) in [6.07, 6.45) is 0. The van der Waals surface area contributed by atoms with Gasteiger partial charge in [-0.05, 0) is 31.5 Å². The first-order valence-electron chi connectivity index (χ1n) is 8.42. The molecule has 0 radical (unpaired) electrons. The molecule has 10 nitrogen and oxygen atoms in total. The molecule has 2 aliphatic heterocycles. The molecule has 144 valence electrons. The first-order valence-corrected chi connectivity index (χ1v) is 8.42. The summed E-state index contributed by atoms with van der Waals surface area (Å²) in [5, 5.41) is 7.52. The van der Waals surface area contributed by atoms with Gasteiger partial charge in [-0.25, -0.2) is 4.79 Å². The van der Waals surface area contributed by atoms with E-state index in [1.165, 1.54) is 0 Å². The van der Waals surface area contributed by atoms with Gasteiger partial charge in [-0.2, -0.15) is 0 Å². The smallest absolute Gasteiger partial charge is 0.325 e. The lowest BCUT2D eigenvalue weighted by atomic mass is 9.91. The highest BCUT2D eigenvalue weighted by molar-refractivity contribution is 6.09. The molecule has 0 aromatic heterocycles. The maximum absolute atomic E-state index is 12.8. The number of rotatable bonds is 6. The largest absolute Gasteiger partial charge is 0.454 e. The zero-order valence-corrected chi connectivity index (χ0v) is 15.0. The van der Waals surface area contributed by atoms with Gasteiger partial charge >= 0.3 is 6.03 Å². The van der Waals surface area contributed by atoms with Crippen molar-refractivity contribution in [1.82, 2.24) is 20.9 Å². The molecule has 5 amide bonds. The number of imide groups is 1. The molecule has 0 unspecified atom stereocenters. The van der Waals surface area contributed by atoms with Gasteiger partial charge in [0.2, 0.25) is 18.6 Å². The maximum Gasteiger partial charge on any atom is 0.325 e. The molecule has 1 aromatic carbocycles. The van der Waals surface area contributed by atoms with Crippen LogP contribution in [0.15, 0.2) is 18.2 Å². The average molecular weight is 376 g/mol. The van der Waals surface area contributed by atoms with Crippen molar-refractivity contribution in [3.63, 3.8) is 0 Å². The fourth-order valence-corrected chi connectivity index (χ4v) is 2.88. The lowest BCUT2D eigenvalue weighted by Gasteiger charge is -2.22. The molecule has 1 fully saturated rings. The molecule has 2 aliphatic rings. The molecule has 0 saturated carbocycles. The Labute approximate surface area is 155 Å². The van der Waals surface area contributed by atoms with E-state index in [4.69, 9.17) is 9.47 Å². The van der Waals surface area contributed by atoms with Crippen LogP contribution in [0, 0.1) is 0 Å². The highest BCUT2D eigenvalue weighted by Gasteiger charge is 2.49. The monoisotopic (exact) mass is 376 g/mol. The van der Waals surface area contributed by atoms with Crippen LogP contribution in [0.25, 0.3) is 0 Å². The molecule has 3 rings (SSSR count). The van der Waals surface area contributed by atoms with Crippen molar-refractivity contribution in [3.8, 4) is 11.5 Å². The van der Waals surface area contributed by atoms with Gasteiger partial charge in [0.15, 0.2) is 11.5 Å². The number of urea groups is 1. The Balaban J connectivity index is 1.69. The van der Waals surface area contributed by atoms with E-state index < -0.39 is 29.9 Å². The van der Waals surface area contributed by atoms with Crippen LogP contribution in [0.5, 0.6) is 11.5 Å². The van der Waals surface area contributed by atoms with Crippen molar-refractivity contribution in [2.24, 2.45) is 0 Å². The number of benzene rings is 1. The SMILES string of the molecule is CCNC(=O)CNC(=O)CN1C(=O)N[C@@](C)(c2ccc3c(c2)OCO3)C1=O. The fourth-order valence-electron chi connectivity index (χ4n) is 2.88. The summed E-state index contributed by atoms with van der Waals surface area (Å²) >= 11 is 0. The number of hydrogen-bond acceptors (Lipinski definition) is 6. The molecule has 0 bridgehead atoms. The second-order valence-corrected chi connectivity index (χ2v) is 6.24. The van der Waals surface area contributed by atoms with Gasteiger partial charge in [-0.3, -0.25) is 19.3 Å². The van der Waals surface area contributed by atoms with E-state index in [9.17, 15) is 19.2 Å². The van der Waals surface area contributed by atoms with Gasteiger partial charge < -0.3 is 25.4 Å². The Bertz CT molecular complexity index is 811. The van der Waals surface area contributed by atoms with Crippen LogP contribution >= 0.6 is 0 Å². The molecule has 3 N–H and O–H groups in total. The summed E-state index contributed by atoms with van der Waals surface area (Å²) in [6.45, 7) is 3.13. The van der Waals surface area contributed by atoms with Crippen LogP contribution in [-0.4, -0.2) is 55.1 Å². The number of likely N-dealkylation sites (N-methyl/N-ethyl adjacent to an activating group) is 1. The highest BCUT2D eigenvalue weighted by Crippen LogP contribution is 2.37. The molecule has 2 heterocycles. The zero-order chi connectivity index (χ0) is 19.6. The quantitative estimate of drug-likeness (QED) is 0.571. The van der Waals surface area contributed by atoms with Gasteiger partial charge in [-0.15, -0.1) is 0 Å². The Morgan fingerprint density at radius 3 is 2.67 bits per heavy atom. The zero-order valence-electron chi connectivity index (χ0n) is 15.0. The Morgan fingerprint density at radius 2 is 1.93 bits per heavy atom. The van der Waals surface area contributed by atoms with Gasteiger partial charge in [0.1, 0.15) is 12.1 Å². The van der Waals surface area contributed by atoms with Gasteiger partial charge in [0.25, 0.3) is 5.91 Å². The number of carbonyl (C=O) groups excluding carboxylic acids is 4. The van der Waals surface area contributed by atoms with Crippen molar-refractivity contribution in [2.75, 3.05) is 26.4 Å². The standard InChI is InChI=1S/C17H20N4O6/c1-3-18-13(22)7-19-14(23)8-21-15(24)17(2,20-16(21)25)10-4-5-11-12(6-10)27-9-26-11/h4-6H,3,7-9H2,1-2H3,(H,18,22)(H,19,23)(H,20,25)/t17-/m0/s1. The van der Waals surface area contributed by atoms with Gasteiger partial charge in [0.05, 0.1) is 6.54 Å². The van der Waals surface area contributed by atoms with E-state index in [2.05, 4.69) is 16.0 Å². The van der Waals surface area contributed by atoms with Crippen LogP contribution < -0.4 is 25.4 Å². The minimum atomic E-state index is -1.34. The number of carbonyl (C=O) groups is 4. The number of fused-ring (bicyclic) bond motifs is 1. The topological polar surface area (TPSA) is 126 Å². The Hall–Kier alpha value is -3.30. The summed E-state index contributed by atoms with van der Waals surface area (Å²) in [4.78, 5) is 49.3.